The van der Waals surface area contributed by atoms with Crippen LogP contribution in [0.2, 0.25) is 0 Å². The third-order valence-electron chi connectivity index (χ3n) is 3.53. The zero-order valence-corrected chi connectivity index (χ0v) is 11.1. The van der Waals surface area contributed by atoms with Gasteiger partial charge in [-0.25, -0.2) is 0 Å². The fourth-order valence-corrected chi connectivity index (χ4v) is 2.58. The Morgan fingerprint density at radius 2 is 2.33 bits per heavy atom. The van der Waals surface area contributed by atoms with Crippen LogP contribution < -0.4 is 11.1 Å². The molecule has 0 aliphatic carbocycles. The molecule has 3 N–H and O–H groups in total. The first-order valence-corrected chi connectivity index (χ1v) is 6.45. The van der Waals surface area contributed by atoms with E-state index in [0.29, 0.717) is 17.3 Å². The van der Waals surface area contributed by atoms with Crippen molar-refractivity contribution in [3.05, 3.63) is 18.0 Å². The van der Waals surface area contributed by atoms with Crippen molar-refractivity contribution in [1.29, 1.82) is 0 Å². The van der Waals surface area contributed by atoms with Crippen molar-refractivity contribution >= 4 is 11.6 Å². The standard InChI is InChI=1S/C13H22N4O/c1-16-5-3-4-10(8-16)7-15-13(18)12-6-11(14)9-17(12)2/h6,9-10H,3-5,7-8,14H2,1-2H3,(H,15,18). The molecule has 0 saturated carbocycles. The average molecular weight is 250 g/mol. The summed E-state index contributed by atoms with van der Waals surface area (Å²) in [7, 11) is 3.96. The van der Waals surface area contributed by atoms with Crippen LogP contribution in [0, 0.1) is 5.92 Å². The van der Waals surface area contributed by atoms with Gasteiger partial charge < -0.3 is 20.5 Å². The highest BCUT2D eigenvalue weighted by Crippen LogP contribution is 2.14. The molecule has 0 bridgehead atoms. The summed E-state index contributed by atoms with van der Waals surface area (Å²) in [5, 5.41) is 3.00. The lowest BCUT2D eigenvalue weighted by Crippen LogP contribution is -2.39. The normalized spacial score (nSPS) is 20.9. The summed E-state index contributed by atoms with van der Waals surface area (Å²) >= 11 is 0. The molecule has 100 valence electrons. The van der Waals surface area contributed by atoms with E-state index >= 15 is 0 Å². The van der Waals surface area contributed by atoms with E-state index in [1.165, 1.54) is 19.4 Å². The molecular weight excluding hydrogens is 228 g/mol. The molecular formula is C13H22N4O. The minimum Gasteiger partial charge on any atom is -0.397 e. The minimum atomic E-state index is -0.0394. The molecule has 1 aromatic heterocycles. The second kappa shape index (κ2) is 5.44. The number of carbonyl (C=O) groups is 1. The Balaban J connectivity index is 1.86. The first-order chi connectivity index (χ1) is 8.56. The summed E-state index contributed by atoms with van der Waals surface area (Å²) in [6, 6.07) is 1.71. The number of rotatable bonds is 3. The van der Waals surface area contributed by atoms with Crippen molar-refractivity contribution in [3.8, 4) is 0 Å². The number of nitrogens with two attached hydrogens (primary N) is 1. The molecule has 2 rings (SSSR count). The smallest absolute Gasteiger partial charge is 0.267 e. The quantitative estimate of drug-likeness (QED) is 0.829. The number of amides is 1. The molecule has 5 heteroatoms. The number of piperidine rings is 1. The van der Waals surface area contributed by atoms with E-state index in [4.69, 9.17) is 5.73 Å². The summed E-state index contributed by atoms with van der Waals surface area (Å²) in [6.45, 7) is 2.97. The summed E-state index contributed by atoms with van der Waals surface area (Å²) in [5.41, 5.74) is 6.91. The molecule has 1 unspecified atom stereocenters. The first kappa shape index (κ1) is 13.0. The fourth-order valence-electron chi connectivity index (χ4n) is 2.58. The van der Waals surface area contributed by atoms with Crippen molar-refractivity contribution in [1.82, 2.24) is 14.8 Å². The molecule has 0 radical (unpaired) electrons. The molecule has 1 saturated heterocycles. The van der Waals surface area contributed by atoms with Crippen molar-refractivity contribution in [2.45, 2.75) is 12.8 Å². The van der Waals surface area contributed by atoms with Gasteiger partial charge in [-0.1, -0.05) is 0 Å². The van der Waals surface area contributed by atoms with Gasteiger partial charge in [0.15, 0.2) is 0 Å². The number of likely N-dealkylation sites (tertiary alicyclic amines) is 1. The molecule has 1 aliphatic heterocycles. The van der Waals surface area contributed by atoms with Gasteiger partial charge in [0.25, 0.3) is 5.91 Å². The van der Waals surface area contributed by atoms with Crippen LogP contribution in [-0.2, 0) is 7.05 Å². The number of aryl methyl sites for hydroxylation is 1. The van der Waals surface area contributed by atoms with Gasteiger partial charge in [0.05, 0.1) is 5.69 Å². The molecule has 18 heavy (non-hydrogen) atoms. The van der Waals surface area contributed by atoms with Crippen molar-refractivity contribution in [2.24, 2.45) is 13.0 Å². The van der Waals surface area contributed by atoms with Gasteiger partial charge in [-0.05, 0) is 38.4 Å². The molecule has 1 amide bonds. The predicted octanol–water partition coefficient (Wildman–Crippen LogP) is 0.679. The number of nitrogens with one attached hydrogen (secondary N) is 1. The molecule has 5 nitrogen and oxygen atoms in total. The molecule has 1 atom stereocenters. The molecule has 1 fully saturated rings. The van der Waals surface area contributed by atoms with Crippen LogP contribution >= 0.6 is 0 Å². The SMILES string of the molecule is CN1CCCC(CNC(=O)c2cc(N)cn2C)C1. The zero-order valence-electron chi connectivity index (χ0n) is 11.1. The number of hydrogen-bond acceptors (Lipinski definition) is 3. The second-order valence-electron chi connectivity index (χ2n) is 5.25. The van der Waals surface area contributed by atoms with Crippen molar-refractivity contribution in [3.63, 3.8) is 0 Å². The highest BCUT2D eigenvalue weighted by atomic mass is 16.1. The maximum Gasteiger partial charge on any atom is 0.267 e. The lowest BCUT2D eigenvalue weighted by atomic mass is 9.98. The summed E-state index contributed by atoms with van der Waals surface area (Å²) in [5.74, 6) is 0.521. The zero-order chi connectivity index (χ0) is 13.1. The number of hydrogen-bond donors (Lipinski definition) is 2. The predicted molar refractivity (Wildman–Crippen MR) is 72.4 cm³/mol. The van der Waals surface area contributed by atoms with Gasteiger partial charge in [-0.15, -0.1) is 0 Å². The Morgan fingerprint density at radius 3 is 2.94 bits per heavy atom. The van der Waals surface area contributed by atoms with E-state index < -0.39 is 0 Å². The first-order valence-electron chi connectivity index (χ1n) is 6.45. The number of nitrogens with zero attached hydrogens (tertiary/aromatic N) is 2. The Morgan fingerprint density at radius 1 is 1.56 bits per heavy atom. The van der Waals surface area contributed by atoms with Gasteiger partial charge in [0.1, 0.15) is 5.69 Å². The molecule has 1 aromatic rings. The van der Waals surface area contributed by atoms with Crippen molar-refractivity contribution < 1.29 is 4.79 Å². The number of anilines is 1. The van der Waals surface area contributed by atoms with Gasteiger partial charge in [0, 0.05) is 26.3 Å². The highest BCUT2D eigenvalue weighted by Gasteiger charge is 2.18. The lowest BCUT2D eigenvalue weighted by Gasteiger charge is -2.29. The van der Waals surface area contributed by atoms with E-state index in [1.807, 2.05) is 7.05 Å². The van der Waals surface area contributed by atoms with E-state index in [2.05, 4.69) is 17.3 Å². The molecule has 2 heterocycles. The van der Waals surface area contributed by atoms with Crippen LogP contribution in [0.5, 0.6) is 0 Å². The van der Waals surface area contributed by atoms with Gasteiger partial charge in [-0.2, -0.15) is 0 Å². The third-order valence-corrected chi connectivity index (χ3v) is 3.53. The lowest BCUT2D eigenvalue weighted by molar-refractivity contribution is 0.0928. The summed E-state index contributed by atoms with van der Waals surface area (Å²) in [6.07, 6.45) is 4.16. The Hall–Kier alpha value is -1.49. The molecule has 1 aliphatic rings. The van der Waals surface area contributed by atoms with E-state index in [9.17, 15) is 4.79 Å². The Kier molecular flexibility index (Phi) is 3.91. The van der Waals surface area contributed by atoms with E-state index in [-0.39, 0.29) is 5.91 Å². The molecule has 0 aromatic carbocycles. The number of carbonyl (C=O) groups excluding carboxylic acids is 1. The van der Waals surface area contributed by atoms with E-state index in [0.717, 1.165) is 13.1 Å². The number of nitrogen functional groups attached to an aromatic ring is 1. The van der Waals surface area contributed by atoms with Gasteiger partial charge in [0.2, 0.25) is 0 Å². The second-order valence-corrected chi connectivity index (χ2v) is 5.25. The largest absolute Gasteiger partial charge is 0.397 e. The minimum absolute atomic E-state index is 0.0394. The van der Waals surface area contributed by atoms with Crippen LogP contribution in [-0.4, -0.2) is 42.1 Å². The average Bonchev–Trinajstić information content (AvgIpc) is 2.66. The Labute approximate surface area is 108 Å². The maximum atomic E-state index is 12.0. The van der Waals surface area contributed by atoms with E-state index in [1.54, 1.807) is 16.8 Å². The summed E-state index contributed by atoms with van der Waals surface area (Å²) in [4.78, 5) is 14.3. The monoisotopic (exact) mass is 250 g/mol. The highest BCUT2D eigenvalue weighted by molar-refractivity contribution is 5.93. The third kappa shape index (κ3) is 3.04. The van der Waals surface area contributed by atoms with Crippen LogP contribution in [0.25, 0.3) is 0 Å². The van der Waals surface area contributed by atoms with Gasteiger partial charge >= 0.3 is 0 Å². The topological polar surface area (TPSA) is 63.3 Å². The summed E-state index contributed by atoms with van der Waals surface area (Å²) < 4.78 is 1.76. The number of aromatic nitrogens is 1. The van der Waals surface area contributed by atoms with Crippen LogP contribution in [0.1, 0.15) is 23.3 Å². The van der Waals surface area contributed by atoms with Gasteiger partial charge in [-0.3, -0.25) is 4.79 Å². The fraction of sp³-hybridized carbons (Fsp3) is 0.615. The van der Waals surface area contributed by atoms with Crippen molar-refractivity contribution in [2.75, 3.05) is 32.4 Å². The van der Waals surface area contributed by atoms with Crippen LogP contribution in [0.4, 0.5) is 5.69 Å². The van der Waals surface area contributed by atoms with Crippen LogP contribution in [0.15, 0.2) is 12.3 Å². The maximum absolute atomic E-state index is 12.0. The molecule has 0 spiro atoms. The van der Waals surface area contributed by atoms with Crippen LogP contribution in [0.3, 0.4) is 0 Å². The Bertz CT molecular complexity index is 427.